The van der Waals surface area contributed by atoms with Gasteiger partial charge >= 0.3 is 27.0 Å². The highest BCUT2D eigenvalue weighted by Gasteiger charge is 2.51. The number of ether oxygens (including phenoxy) is 7. The number of phosphoric acid groups is 3. The zero-order chi connectivity index (χ0) is 52.0. The number of hydrogen-bond donors (Lipinski definition) is 9. The summed E-state index contributed by atoms with van der Waals surface area (Å²) in [7, 11) is -13.9. The zero-order valence-electron chi connectivity index (χ0n) is 37.5. The van der Waals surface area contributed by atoms with Gasteiger partial charge in [-0.05, 0) is 0 Å². The molecular weight excluding hydrogens is 1040 g/mol. The van der Waals surface area contributed by atoms with Crippen LogP contribution in [0.5, 0.6) is 0 Å². The van der Waals surface area contributed by atoms with E-state index < -0.39 is 140 Å². The van der Waals surface area contributed by atoms with Gasteiger partial charge in [0, 0.05) is 32.4 Å². The number of aliphatic hydroxyl groups is 3. The van der Waals surface area contributed by atoms with E-state index in [-0.39, 0.29) is 40.7 Å². The van der Waals surface area contributed by atoms with Crippen molar-refractivity contribution >= 4 is 57.6 Å². The van der Waals surface area contributed by atoms with E-state index in [1.54, 1.807) is 0 Å². The maximum atomic E-state index is 13.2. The van der Waals surface area contributed by atoms with E-state index in [1.165, 1.54) is 47.6 Å². The molecule has 15 atom stereocenters. The number of nitrogens with zero attached hydrogens (tertiary/aromatic N) is 8. The molecule has 8 rings (SSSR count). The molecule has 35 nitrogen and oxygen atoms in total. The number of methoxy groups -OCH3 is 2. The van der Waals surface area contributed by atoms with E-state index in [0.717, 1.165) is 23.2 Å². The molecule has 72 heavy (non-hydrogen) atoms. The van der Waals surface area contributed by atoms with Gasteiger partial charge in [0.2, 0.25) is 11.7 Å². The van der Waals surface area contributed by atoms with Gasteiger partial charge in [-0.25, -0.2) is 37.8 Å². The summed E-state index contributed by atoms with van der Waals surface area (Å²) in [5.41, 5.74) is 9.76. The predicted octanol–water partition coefficient (Wildman–Crippen LogP) is -4.75. The van der Waals surface area contributed by atoms with Crippen molar-refractivity contribution in [2.24, 2.45) is 13.0 Å². The second-order valence-electron chi connectivity index (χ2n) is 16.1. The Labute approximate surface area is 401 Å². The van der Waals surface area contributed by atoms with Crippen LogP contribution in [-0.4, -0.2) is 165 Å². The minimum Gasteiger partial charge on any atom is -0.756 e. The van der Waals surface area contributed by atoms with Crippen LogP contribution in [0.15, 0.2) is 45.6 Å². The lowest BCUT2D eigenvalue weighted by Gasteiger charge is -2.27. The number of aryl methyl sites for hydroxylation is 1. The molecule has 0 bridgehead atoms. The number of fused-ring (bicyclic) bond motifs is 2. The number of imidazole rings is 2. The second kappa shape index (κ2) is 21.2. The van der Waals surface area contributed by atoms with Gasteiger partial charge in [0.1, 0.15) is 61.4 Å². The first-order valence-corrected chi connectivity index (χ1v) is 25.4. The third-order valence-electron chi connectivity index (χ3n) is 11.5. The van der Waals surface area contributed by atoms with Crippen molar-refractivity contribution < 1.29 is 99.1 Å². The first-order valence-electron chi connectivity index (χ1n) is 20.9. The van der Waals surface area contributed by atoms with Crippen LogP contribution in [0.2, 0.25) is 0 Å². The SMILES string of the molecule is COC[C@H]1[C@@H](O)[C@H]([n+]2cn(C)c3c(=O)[nH]c(N)nc32)O[C@@H]1COP(=O)([O-])OP(=O)(O)OP(=O)(O)OCC1O[C@@H](n2cnc3c(N)ncnc32)[C@H](OC)[C@@H]1OCOC[C@H]1O[C@@H](n2ccc(=O)[nH]c2=O)[C@H](O)[C@@H]1O. The molecule has 8 heterocycles. The summed E-state index contributed by atoms with van der Waals surface area (Å²) in [5, 5.41) is 32.5. The highest BCUT2D eigenvalue weighted by Crippen LogP contribution is 2.66. The summed E-state index contributed by atoms with van der Waals surface area (Å²) in [6, 6.07) is 1.00. The highest BCUT2D eigenvalue weighted by atomic mass is 31.3. The fourth-order valence-corrected chi connectivity index (χ4v) is 11.8. The molecule has 38 heteroatoms. The zero-order valence-corrected chi connectivity index (χ0v) is 40.2. The summed E-state index contributed by atoms with van der Waals surface area (Å²) in [6.07, 6.45) is -10.4. The summed E-state index contributed by atoms with van der Waals surface area (Å²) in [6.45, 7) is -3.37. The average Bonchev–Trinajstić information content (AvgIpc) is 4.10. The Bertz CT molecular complexity index is 3100. The quantitative estimate of drug-likeness (QED) is 0.0144. The molecule has 0 aromatic carbocycles. The number of aromatic nitrogens is 10. The topological polar surface area (TPSA) is 482 Å². The van der Waals surface area contributed by atoms with E-state index in [4.69, 9.17) is 53.7 Å². The van der Waals surface area contributed by atoms with Gasteiger partial charge in [0.05, 0.1) is 45.9 Å². The Morgan fingerprint density at radius 2 is 1.58 bits per heavy atom. The first-order chi connectivity index (χ1) is 34.0. The molecule has 5 aromatic rings. The summed E-state index contributed by atoms with van der Waals surface area (Å²) in [4.78, 5) is 91.0. The van der Waals surface area contributed by atoms with Crippen LogP contribution in [0, 0.1) is 5.92 Å². The number of nitrogens with one attached hydrogen (secondary N) is 2. The maximum Gasteiger partial charge on any atom is 0.487 e. The Hall–Kier alpha value is -4.81. The molecule has 0 saturated carbocycles. The van der Waals surface area contributed by atoms with Crippen molar-refractivity contribution in [1.29, 1.82) is 0 Å². The molecule has 3 aliphatic heterocycles. The number of H-pyrrole nitrogens is 2. The minimum absolute atomic E-state index is 0.00246. The predicted molar refractivity (Wildman–Crippen MR) is 230 cm³/mol. The fourth-order valence-electron chi connectivity index (χ4n) is 8.28. The first kappa shape index (κ1) is 53.5. The van der Waals surface area contributed by atoms with Crippen LogP contribution in [-0.2, 0) is 71.6 Å². The van der Waals surface area contributed by atoms with Gasteiger partial charge in [-0.15, -0.1) is 0 Å². The number of nitrogen functional groups attached to an aromatic ring is 2. The van der Waals surface area contributed by atoms with Crippen LogP contribution in [0.25, 0.3) is 22.3 Å². The van der Waals surface area contributed by atoms with Crippen molar-refractivity contribution in [3.63, 3.8) is 0 Å². The molecule has 0 radical (unpaired) electrons. The van der Waals surface area contributed by atoms with E-state index in [1.807, 2.05) is 4.98 Å². The number of nitrogens with two attached hydrogens (primary N) is 2. The average molecular weight is 1080 g/mol. The Kier molecular flexibility index (Phi) is 15.7. The summed E-state index contributed by atoms with van der Waals surface area (Å²) in [5.74, 6) is -1.29. The van der Waals surface area contributed by atoms with Crippen molar-refractivity contribution in [3.8, 4) is 0 Å². The second-order valence-corrected chi connectivity index (χ2v) is 20.7. The van der Waals surface area contributed by atoms with E-state index in [2.05, 4.69) is 33.5 Å². The van der Waals surface area contributed by atoms with Crippen LogP contribution in [0.3, 0.4) is 0 Å². The maximum absolute atomic E-state index is 13.2. The molecule has 3 saturated heterocycles. The van der Waals surface area contributed by atoms with Crippen molar-refractivity contribution in [2.45, 2.75) is 67.5 Å². The molecular formula is C34H47N12O23P3. The van der Waals surface area contributed by atoms with Crippen LogP contribution >= 0.6 is 23.5 Å². The monoisotopic (exact) mass is 1080 g/mol. The number of rotatable bonds is 21. The van der Waals surface area contributed by atoms with Gasteiger partial charge in [-0.3, -0.25) is 42.3 Å². The molecule has 5 aromatic heterocycles. The number of hydrogen-bond acceptors (Lipinski definition) is 27. The lowest BCUT2D eigenvalue weighted by Crippen LogP contribution is -2.45. The Balaban J connectivity index is 0.911. The van der Waals surface area contributed by atoms with Gasteiger partial charge < -0.3 is 79.1 Å². The van der Waals surface area contributed by atoms with Gasteiger partial charge in [-0.2, -0.15) is 4.31 Å². The molecule has 11 N–H and O–H groups in total. The Morgan fingerprint density at radius 1 is 0.847 bits per heavy atom. The van der Waals surface area contributed by atoms with Crippen molar-refractivity contribution in [1.82, 2.24) is 43.6 Å². The lowest BCUT2D eigenvalue weighted by molar-refractivity contribution is -0.745. The van der Waals surface area contributed by atoms with Crippen molar-refractivity contribution in [2.75, 3.05) is 58.9 Å². The highest BCUT2D eigenvalue weighted by molar-refractivity contribution is 7.66. The minimum atomic E-state index is -6.13. The van der Waals surface area contributed by atoms with Crippen LogP contribution in [0.4, 0.5) is 11.8 Å². The molecule has 396 valence electrons. The van der Waals surface area contributed by atoms with Gasteiger partial charge in [0.15, 0.2) is 30.2 Å². The number of anilines is 2. The van der Waals surface area contributed by atoms with Gasteiger partial charge in [-0.1, -0.05) is 4.98 Å². The summed E-state index contributed by atoms with van der Waals surface area (Å²) < 4.78 is 102. The molecule has 0 amide bonds. The molecule has 3 aliphatic rings. The van der Waals surface area contributed by atoms with E-state index >= 15 is 0 Å². The normalized spacial score (nSPS) is 30.2. The number of aliphatic hydroxyl groups excluding tert-OH is 3. The van der Waals surface area contributed by atoms with Crippen molar-refractivity contribution in [3.05, 3.63) is 62.4 Å². The fraction of sp³-hybridized carbons (Fsp3) is 0.588. The molecule has 4 unspecified atom stereocenters. The third-order valence-corrected chi connectivity index (χ3v) is 15.7. The largest absolute Gasteiger partial charge is 0.756 e. The van der Waals surface area contributed by atoms with E-state index in [0.29, 0.717) is 0 Å². The smallest absolute Gasteiger partial charge is 0.487 e. The van der Waals surface area contributed by atoms with Crippen LogP contribution < -0.4 is 37.7 Å². The number of phosphoric ester groups is 2. The standard InChI is InChI=1S/C34H47N12O23P3/c1-43-12-46(28-20(43)29(51)42-33(36)41-28)30-21(48)14(6-59-2)15(65-30)8-63-70(53,54)68-72(57,58)69-71(55,56)64-9-17-24(25(60-3)32(67-17)45-11-39-19-26(35)37-10-38-27(19)45)62-13-61-7-16-22(49)23(50)31(66-16)44-5-4-18(47)40-34(44)52/h4-5,10-12,14-17,21-25,30-32,48-50H,6-9,13H2,1-3H3,(H8-,35,36,37,38,40,41,42,47,51,52,53,54,55,56,57,58)/t14-,15-,16-,17?,21-,22-,23-,24-,25-,30-,31-,32-/m1/s1. The molecule has 3 fully saturated rings. The van der Waals surface area contributed by atoms with Gasteiger partial charge in [0.25, 0.3) is 24.9 Å². The summed E-state index contributed by atoms with van der Waals surface area (Å²) >= 11 is 0. The third kappa shape index (κ3) is 11.2. The van der Waals surface area contributed by atoms with E-state index in [9.17, 15) is 58.1 Å². The number of aromatic amines is 2. The molecule has 0 aliphatic carbocycles. The molecule has 0 spiro atoms. The lowest BCUT2D eigenvalue weighted by atomic mass is 9.99. The van der Waals surface area contributed by atoms with Crippen LogP contribution in [0.1, 0.15) is 18.7 Å². The Morgan fingerprint density at radius 3 is 2.31 bits per heavy atom.